The van der Waals surface area contributed by atoms with Gasteiger partial charge < -0.3 is 14.9 Å². The van der Waals surface area contributed by atoms with E-state index in [4.69, 9.17) is 9.84 Å². The number of allylic oxidation sites excluding steroid dienone is 2. The third-order valence-corrected chi connectivity index (χ3v) is 13.8. The fourth-order valence-electron chi connectivity index (χ4n) is 11.0. The van der Waals surface area contributed by atoms with Crippen LogP contribution < -0.4 is 0 Å². The van der Waals surface area contributed by atoms with Gasteiger partial charge in [-0.2, -0.15) is 0 Å². The summed E-state index contributed by atoms with van der Waals surface area (Å²) in [6.45, 7) is 15.5. The van der Waals surface area contributed by atoms with E-state index in [1.165, 1.54) is 5.57 Å². The number of aliphatic carboxylic acids is 2. The molecule has 0 aromatic carbocycles. The number of ether oxygens (including phenoxy) is 1. The van der Waals surface area contributed by atoms with E-state index in [1.54, 1.807) is 0 Å². The molecule has 7 heteroatoms. The third-order valence-electron chi connectivity index (χ3n) is 13.8. The first-order chi connectivity index (χ1) is 18.8. The zero-order valence-corrected chi connectivity index (χ0v) is 26.1. The van der Waals surface area contributed by atoms with Gasteiger partial charge in [0.1, 0.15) is 6.10 Å². The Bertz CT molecular complexity index is 1200. The SMILES string of the molecule is CC1(C)[C@@H](OC(=O)CCC(=O)O)CC[C@@]2(C)[C@H]3C(=O)C=C4[C@@H]5C[C@@](C)(C(=O)O)CC[C@]5(C)CC[C@@]4(C)[C@@]3(C)CC[C@@H]12. The maximum Gasteiger partial charge on any atom is 0.309 e. The molecule has 4 saturated carbocycles. The quantitative estimate of drug-likeness (QED) is 0.348. The minimum absolute atomic E-state index is 0.0233. The van der Waals surface area contributed by atoms with E-state index in [1.807, 2.05) is 13.0 Å². The first-order valence-electron chi connectivity index (χ1n) is 15.7. The first-order valence-corrected chi connectivity index (χ1v) is 15.7. The molecule has 228 valence electrons. The third kappa shape index (κ3) is 4.25. The van der Waals surface area contributed by atoms with Crippen LogP contribution in [-0.2, 0) is 23.9 Å². The lowest BCUT2D eigenvalue weighted by atomic mass is 9.33. The Hall–Kier alpha value is -2.18. The summed E-state index contributed by atoms with van der Waals surface area (Å²) in [5.41, 5.74) is -0.553. The van der Waals surface area contributed by atoms with E-state index in [2.05, 4.69) is 41.5 Å². The Morgan fingerprint density at radius 3 is 2.17 bits per heavy atom. The molecule has 0 aromatic rings. The summed E-state index contributed by atoms with van der Waals surface area (Å²) >= 11 is 0. The van der Waals surface area contributed by atoms with E-state index in [9.17, 15) is 24.3 Å². The molecule has 5 aliphatic rings. The molecule has 0 radical (unpaired) electrons. The summed E-state index contributed by atoms with van der Waals surface area (Å²) in [6.07, 6.45) is 8.80. The molecule has 0 aromatic heterocycles. The van der Waals surface area contributed by atoms with Crippen LogP contribution in [0.1, 0.15) is 119 Å². The number of hydrogen-bond acceptors (Lipinski definition) is 5. The highest BCUT2D eigenvalue weighted by molar-refractivity contribution is 5.95. The van der Waals surface area contributed by atoms with Crippen LogP contribution in [-0.4, -0.2) is 40.0 Å². The summed E-state index contributed by atoms with van der Waals surface area (Å²) in [4.78, 5) is 50.3. The number of carbonyl (C=O) groups is 4. The number of hydrogen-bond donors (Lipinski definition) is 2. The average molecular weight is 571 g/mol. The summed E-state index contributed by atoms with van der Waals surface area (Å²) in [5, 5.41) is 19.1. The summed E-state index contributed by atoms with van der Waals surface area (Å²) in [5.74, 6) is -1.87. The molecule has 0 amide bonds. The molecule has 0 bridgehead atoms. The van der Waals surface area contributed by atoms with Crippen molar-refractivity contribution in [1.82, 2.24) is 0 Å². The molecule has 0 spiro atoms. The second kappa shape index (κ2) is 9.41. The molecule has 9 atom stereocenters. The van der Waals surface area contributed by atoms with Gasteiger partial charge in [-0.05, 0) is 104 Å². The van der Waals surface area contributed by atoms with E-state index in [-0.39, 0.29) is 69.6 Å². The number of esters is 1. The lowest BCUT2D eigenvalue weighted by molar-refractivity contribution is -0.211. The molecule has 0 unspecified atom stereocenters. The van der Waals surface area contributed by atoms with Gasteiger partial charge in [-0.1, -0.05) is 47.1 Å². The highest BCUT2D eigenvalue weighted by Gasteiger charge is 2.70. The molecule has 7 nitrogen and oxygen atoms in total. The van der Waals surface area contributed by atoms with Gasteiger partial charge in [0, 0.05) is 11.3 Å². The van der Waals surface area contributed by atoms with Gasteiger partial charge in [-0.25, -0.2) is 0 Å². The predicted molar refractivity (Wildman–Crippen MR) is 154 cm³/mol. The topological polar surface area (TPSA) is 118 Å². The molecule has 5 rings (SSSR count). The zero-order chi connectivity index (χ0) is 30.4. The fourth-order valence-corrected chi connectivity index (χ4v) is 11.0. The second-order valence-corrected chi connectivity index (χ2v) is 16.3. The minimum atomic E-state index is -1.01. The normalized spacial score (nSPS) is 46.6. The summed E-state index contributed by atoms with van der Waals surface area (Å²) < 4.78 is 5.91. The van der Waals surface area contributed by atoms with Gasteiger partial charge in [0.2, 0.25) is 0 Å². The zero-order valence-electron chi connectivity index (χ0n) is 26.1. The van der Waals surface area contributed by atoms with Crippen molar-refractivity contribution in [2.24, 2.45) is 50.2 Å². The van der Waals surface area contributed by atoms with Gasteiger partial charge >= 0.3 is 17.9 Å². The van der Waals surface area contributed by atoms with Crippen molar-refractivity contribution in [2.75, 3.05) is 0 Å². The number of rotatable bonds is 5. The van der Waals surface area contributed by atoms with Crippen LogP contribution in [0.4, 0.5) is 0 Å². The van der Waals surface area contributed by atoms with Crippen LogP contribution in [0.2, 0.25) is 0 Å². The Morgan fingerprint density at radius 2 is 1.54 bits per heavy atom. The minimum Gasteiger partial charge on any atom is -0.481 e. The highest BCUT2D eigenvalue weighted by Crippen LogP contribution is 2.75. The fraction of sp³-hybridized carbons (Fsp3) is 0.824. The van der Waals surface area contributed by atoms with Crippen LogP contribution in [0.25, 0.3) is 0 Å². The van der Waals surface area contributed by atoms with E-state index < -0.39 is 23.3 Å². The van der Waals surface area contributed by atoms with Crippen LogP contribution in [0.3, 0.4) is 0 Å². The van der Waals surface area contributed by atoms with Crippen molar-refractivity contribution < 1.29 is 34.1 Å². The molecule has 0 heterocycles. The van der Waals surface area contributed by atoms with Crippen LogP contribution in [0, 0.1) is 50.2 Å². The molecule has 5 aliphatic carbocycles. The Balaban J connectivity index is 1.49. The number of carboxylic acid groups (broad SMARTS) is 2. The van der Waals surface area contributed by atoms with Crippen molar-refractivity contribution >= 4 is 23.7 Å². The molecule has 2 N–H and O–H groups in total. The molecule has 41 heavy (non-hydrogen) atoms. The Morgan fingerprint density at radius 1 is 0.878 bits per heavy atom. The van der Waals surface area contributed by atoms with Gasteiger partial charge in [-0.3, -0.25) is 19.2 Å². The lowest BCUT2D eigenvalue weighted by Crippen LogP contribution is -2.66. The van der Waals surface area contributed by atoms with E-state index in [0.29, 0.717) is 19.3 Å². The van der Waals surface area contributed by atoms with E-state index >= 15 is 0 Å². The van der Waals surface area contributed by atoms with Crippen molar-refractivity contribution in [3.8, 4) is 0 Å². The molecular formula is C34H50O7. The molecule has 0 saturated heterocycles. The van der Waals surface area contributed by atoms with Crippen molar-refractivity contribution in [3.63, 3.8) is 0 Å². The van der Waals surface area contributed by atoms with Gasteiger partial charge in [0.05, 0.1) is 18.3 Å². The van der Waals surface area contributed by atoms with Gasteiger partial charge in [-0.15, -0.1) is 0 Å². The summed E-state index contributed by atoms with van der Waals surface area (Å²) in [6, 6.07) is 0. The number of fused-ring (bicyclic) bond motifs is 7. The van der Waals surface area contributed by atoms with E-state index in [0.717, 1.165) is 38.5 Å². The Labute approximate surface area is 244 Å². The molecule has 0 aliphatic heterocycles. The van der Waals surface area contributed by atoms with Crippen LogP contribution in [0.15, 0.2) is 11.6 Å². The number of ketones is 1. The van der Waals surface area contributed by atoms with Crippen molar-refractivity contribution in [1.29, 1.82) is 0 Å². The molecular weight excluding hydrogens is 520 g/mol. The number of carboxylic acids is 2. The largest absolute Gasteiger partial charge is 0.481 e. The number of carbonyl (C=O) groups excluding carboxylic acids is 2. The highest BCUT2D eigenvalue weighted by atomic mass is 16.5. The second-order valence-electron chi connectivity index (χ2n) is 16.3. The molecule has 4 fully saturated rings. The predicted octanol–water partition coefficient (Wildman–Crippen LogP) is 6.83. The van der Waals surface area contributed by atoms with Crippen molar-refractivity contribution in [3.05, 3.63) is 11.6 Å². The average Bonchev–Trinajstić information content (AvgIpc) is 2.86. The monoisotopic (exact) mass is 570 g/mol. The Kier molecular flexibility index (Phi) is 6.95. The standard InChI is InChI=1S/C34H50O7/c1-29(2)23-10-13-34(7)27(32(23,5)12-11-24(29)41-26(38)9-8-25(36)37)22(35)18-20-21-19-31(4,28(39)40)15-14-30(21,3)16-17-33(20,34)6/h18,21,23-24,27H,8-17,19H2,1-7H3,(H,36,37)(H,39,40)/t21-,23-,24-,27+,30+,31-,32+,33+,34-/m0/s1. The summed E-state index contributed by atoms with van der Waals surface area (Å²) in [7, 11) is 0. The lowest BCUT2D eigenvalue weighted by Gasteiger charge is -2.70. The maximum absolute atomic E-state index is 14.5. The van der Waals surface area contributed by atoms with Crippen LogP contribution >= 0.6 is 0 Å². The van der Waals surface area contributed by atoms with Gasteiger partial charge in [0.25, 0.3) is 0 Å². The van der Waals surface area contributed by atoms with Crippen LogP contribution in [0.5, 0.6) is 0 Å². The smallest absolute Gasteiger partial charge is 0.309 e. The maximum atomic E-state index is 14.5. The van der Waals surface area contributed by atoms with Crippen molar-refractivity contribution in [2.45, 2.75) is 125 Å². The van der Waals surface area contributed by atoms with Gasteiger partial charge in [0.15, 0.2) is 5.78 Å². The first kappa shape index (κ1) is 30.3.